The fourth-order valence-corrected chi connectivity index (χ4v) is 1.50. The fourth-order valence-electron chi connectivity index (χ4n) is 1.50. The number of oxime groups is 1. The number of hydrogen-bond donors (Lipinski definition) is 1. The molecule has 2 aromatic rings. The van der Waals surface area contributed by atoms with E-state index in [-0.39, 0.29) is 24.0 Å². The second-order valence-electron chi connectivity index (χ2n) is 4.01. The summed E-state index contributed by atoms with van der Waals surface area (Å²) in [6.07, 6.45) is 0. The van der Waals surface area contributed by atoms with Gasteiger partial charge in [0, 0.05) is 5.56 Å². The number of carbonyl (C=O) groups excluding carboxylic acids is 1. The molecule has 1 heterocycles. The number of hydrogen-bond acceptors (Lipinski definition) is 5. The van der Waals surface area contributed by atoms with Crippen LogP contribution in [0, 0.1) is 5.82 Å². The summed E-state index contributed by atoms with van der Waals surface area (Å²) in [4.78, 5) is 16.2. The summed E-state index contributed by atoms with van der Waals surface area (Å²) >= 11 is 0. The maximum atomic E-state index is 12.8. The fraction of sp³-hybridized carbons (Fsp3) is 0.143. The number of nitrogens with zero attached hydrogens (tertiary/aromatic N) is 1. The lowest BCUT2D eigenvalue weighted by molar-refractivity contribution is 0.0553. The molecule has 21 heavy (non-hydrogen) atoms. The molecule has 0 spiro atoms. The molecule has 0 aliphatic carbocycles. The van der Waals surface area contributed by atoms with Gasteiger partial charge in [0.15, 0.2) is 12.4 Å². The van der Waals surface area contributed by atoms with Gasteiger partial charge in [0.1, 0.15) is 11.6 Å². The van der Waals surface area contributed by atoms with Gasteiger partial charge in [-0.3, -0.25) is 0 Å². The van der Waals surface area contributed by atoms with Gasteiger partial charge in [-0.05, 0) is 36.4 Å². The molecular formula is C14H13FN2O4. The number of halogens is 1. The molecule has 1 aromatic carbocycles. The lowest BCUT2D eigenvalue weighted by Gasteiger charge is -2.01. The molecule has 6 nitrogen and oxygen atoms in total. The summed E-state index contributed by atoms with van der Waals surface area (Å²) in [7, 11) is 1.26. The van der Waals surface area contributed by atoms with E-state index >= 15 is 0 Å². The van der Waals surface area contributed by atoms with E-state index in [9.17, 15) is 9.18 Å². The highest BCUT2D eigenvalue weighted by atomic mass is 19.1. The van der Waals surface area contributed by atoms with E-state index in [0.29, 0.717) is 11.3 Å². The molecule has 0 radical (unpaired) electrons. The second kappa shape index (κ2) is 6.56. The molecule has 0 aliphatic heterocycles. The highest BCUT2D eigenvalue weighted by molar-refractivity contribution is 5.96. The molecular weight excluding hydrogens is 279 g/mol. The summed E-state index contributed by atoms with van der Waals surface area (Å²) in [6, 6.07) is 8.55. The number of nitrogens with two attached hydrogens (primary N) is 1. The van der Waals surface area contributed by atoms with Crippen molar-refractivity contribution in [1.82, 2.24) is 0 Å². The molecule has 1 aromatic heterocycles. The van der Waals surface area contributed by atoms with Gasteiger partial charge in [0.05, 0.1) is 7.11 Å². The molecule has 0 fully saturated rings. The van der Waals surface area contributed by atoms with Gasteiger partial charge < -0.3 is 19.7 Å². The van der Waals surface area contributed by atoms with Gasteiger partial charge in [-0.2, -0.15) is 0 Å². The lowest BCUT2D eigenvalue weighted by atomic mass is 10.2. The third-order valence-electron chi connectivity index (χ3n) is 2.56. The number of rotatable bonds is 5. The number of carbonyl (C=O) groups is 1. The average Bonchev–Trinajstić information content (AvgIpc) is 2.96. The van der Waals surface area contributed by atoms with Crippen LogP contribution in [0.15, 0.2) is 46.0 Å². The maximum Gasteiger partial charge on any atom is 0.373 e. The number of benzene rings is 1. The molecule has 110 valence electrons. The standard InChI is InChI=1S/C14H13FN2O4/c1-19-14(18)12-7-6-11(21-12)8-20-17-13(16)9-2-4-10(15)5-3-9/h2-7H,8H2,1H3,(H2,16,17). The number of ether oxygens (including phenoxy) is 1. The van der Waals surface area contributed by atoms with Crippen LogP contribution in [0.4, 0.5) is 4.39 Å². The van der Waals surface area contributed by atoms with Crippen LogP contribution in [0.1, 0.15) is 21.9 Å². The zero-order valence-electron chi connectivity index (χ0n) is 11.2. The maximum absolute atomic E-state index is 12.8. The summed E-state index contributed by atoms with van der Waals surface area (Å²) in [5.41, 5.74) is 6.22. The summed E-state index contributed by atoms with van der Waals surface area (Å²) in [5, 5.41) is 3.69. The molecule has 0 saturated carbocycles. The van der Waals surface area contributed by atoms with Crippen LogP contribution in [-0.2, 0) is 16.2 Å². The van der Waals surface area contributed by atoms with Crippen LogP contribution in [0.5, 0.6) is 0 Å². The van der Waals surface area contributed by atoms with Crippen LogP contribution >= 0.6 is 0 Å². The Kier molecular flexibility index (Phi) is 4.55. The Balaban J connectivity index is 1.93. The van der Waals surface area contributed by atoms with Crippen LogP contribution in [0.25, 0.3) is 0 Å². The van der Waals surface area contributed by atoms with E-state index < -0.39 is 5.97 Å². The van der Waals surface area contributed by atoms with Gasteiger partial charge >= 0.3 is 5.97 Å². The zero-order chi connectivity index (χ0) is 15.2. The van der Waals surface area contributed by atoms with Crippen molar-refractivity contribution in [2.75, 3.05) is 7.11 Å². The van der Waals surface area contributed by atoms with Gasteiger partial charge in [-0.1, -0.05) is 5.16 Å². The van der Waals surface area contributed by atoms with Crippen molar-refractivity contribution in [2.24, 2.45) is 10.9 Å². The van der Waals surface area contributed by atoms with Gasteiger partial charge in [-0.25, -0.2) is 9.18 Å². The number of methoxy groups -OCH3 is 1. The Hall–Kier alpha value is -2.83. The monoisotopic (exact) mass is 292 g/mol. The highest BCUT2D eigenvalue weighted by Crippen LogP contribution is 2.10. The summed E-state index contributed by atoms with van der Waals surface area (Å²) in [5.74, 6) is -0.360. The van der Waals surface area contributed by atoms with Gasteiger partial charge in [-0.15, -0.1) is 0 Å². The summed E-state index contributed by atoms with van der Waals surface area (Å²) in [6.45, 7) is -0.00110. The molecule has 0 unspecified atom stereocenters. The van der Waals surface area contributed by atoms with Crippen molar-refractivity contribution in [1.29, 1.82) is 0 Å². The number of furan rings is 1. The number of amidine groups is 1. The smallest absolute Gasteiger partial charge is 0.373 e. The van der Waals surface area contributed by atoms with Crippen molar-refractivity contribution < 1.29 is 23.2 Å². The lowest BCUT2D eigenvalue weighted by Crippen LogP contribution is -2.13. The Morgan fingerprint density at radius 3 is 2.67 bits per heavy atom. The van der Waals surface area contributed by atoms with E-state index in [1.165, 1.54) is 37.4 Å². The third kappa shape index (κ3) is 3.82. The first-order chi connectivity index (χ1) is 10.1. The Bertz CT molecular complexity index is 649. The predicted octanol–water partition coefficient (Wildman–Crippen LogP) is 2.04. The minimum absolute atomic E-state index is 0.00110. The highest BCUT2D eigenvalue weighted by Gasteiger charge is 2.11. The molecule has 0 atom stereocenters. The van der Waals surface area contributed by atoms with Crippen molar-refractivity contribution in [3.05, 3.63) is 59.3 Å². The van der Waals surface area contributed by atoms with Crippen molar-refractivity contribution in [2.45, 2.75) is 6.61 Å². The average molecular weight is 292 g/mol. The molecule has 0 amide bonds. The Morgan fingerprint density at radius 2 is 2.00 bits per heavy atom. The predicted molar refractivity (Wildman–Crippen MR) is 72.0 cm³/mol. The third-order valence-corrected chi connectivity index (χ3v) is 2.56. The SMILES string of the molecule is COC(=O)c1ccc(CO/N=C(/N)c2ccc(F)cc2)o1. The molecule has 0 aliphatic rings. The first-order valence-electron chi connectivity index (χ1n) is 5.98. The minimum Gasteiger partial charge on any atom is -0.463 e. The van der Waals surface area contributed by atoms with Crippen molar-refractivity contribution in [3.63, 3.8) is 0 Å². The summed E-state index contributed by atoms with van der Waals surface area (Å²) < 4.78 is 22.4. The minimum atomic E-state index is -0.574. The van der Waals surface area contributed by atoms with E-state index in [1.807, 2.05) is 0 Å². The van der Waals surface area contributed by atoms with Gasteiger partial charge in [0.25, 0.3) is 0 Å². The van der Waals surface area contributed by atoms with Crippen LogP contribution in [-0.4, -0.2) is 18.9 Å². The number of esters is 1. The van der Waals surface area contributed by atoms with Crippen molar-refractivity contribution >= 4 is 11.8 Å². The first-order valence-corrected chi connectivity index (χ1v) is 5.98. The molecule has 0 saturated heterocycles. The quantitative estimate of drug-likeness (QED) is 0.394. The van der Waals surface area contributed by atoms with Gasteiger partial charge in [0.2, 0.25) is 5.76 Å². The van der Waals surface area contributed by atoms with Crippen LogP contribution in [0.3, 0.4) is 0 Å². The first kappa shape index (κ1) is 14.6. The van der Waals surface area contributed by atoms with E-state index in [1.54, 1.807) is 6.07 Å². The molecule has 0 bridgehead atoms. The normalized spacial score (nSPS) is 11.2. The zero-order valence-corrected chi connectivity index (χ0v) is 11.2. The topological polar surface area (TPSA) is 87.0 Å². The van der Waals surface area contributed by atoms with Crippen molar-refractivity contribution in [3.8, 4) is 0 Å². The largest absolute Gasteiger partial charge is 0.463 e. The second-order valence-corrected chi connectivity index (χ2v) is 4.01. The Morgan fingerprint density at radius 1 is 1.29 bits per heavy atom. The van der Waals surface area contributed by atoms with Crippen LogP contribution < -0.4 is 5.73 Å². The van der Waals surface area contributed by atoms with E-state index in [4.69, 9.17) is 15.0 Å². The van der Waals surface area contributed by atoms with E-state index in [0.717, 1.165) is 0 Å². The van der Waals surface area contributed by atoms with E-state index in [2.05, 4.69) is 9.89 Å². The molecule has 7 heteroatoms. The molecule has 2 rings (SSSR count). The molecule has 2 N–H and O–H groups in total. The van der Waals surface area contributed by atoms with Crippen LogP contribution in [0.2, 0.25) is 0 Å². The Labute approximate surface area is 119 Å².